The molecular formula is C27H31N3O2S. The zero-order valence-electron chi connectivity index (χ0n) is 19.7. The number of hydrogen-bond acceptors (Lipinski definition) is 5. The van der Waals surface area contributed by atoms with Crippen LogP contribution in [0.5, 0.6) is 0 Å². The fraction of sp³-hybridized carbons (Fsp3) is 0.407. The number of benzene rings is 2. The van der Waals surface area contributed by atoms with Gasteiger partial charge in [-0.05, 0) is 68.2 Å². The minimum atomic E-state index is -1.12. The van der Waals surface area contributed by atoms with Crippen LogP contribution in [-0.4, -0.2) is 27.7 Å². The molecule has 1 aliphatic rings. The van der Waals surface area contributed by atoms with Gasteiger partial charge in [-0.15, -0.1) is 0 Å². The Morgan fingerprint density at radius 3 is 2.55 bits per heavy atom. The van der Waals surface area contributed by atoms with Gasteiger partial charge in [0.05, 0.1) is 21.5 Å². The van der Waals surface area contributed by atoms with E-state index in [1.54, 1.807) is 35.9 Å². The Bertz CT molecular complexity index is 1370. The van der Waals surface area contributed by atoms with Crippen molar-refractivity contribution >= 4 is 37.5 Å². The zero-order chi connectivity index (χ0) is 23.3. The van der Waals surface area contributed by atoms with E-state index in [1.807, 2.05) is 42.5 Å². The van der Waals surface area contributed by atoms with E-state index < -0.39 is 5.60 Å². The van der Waals surface area contributed by atoms with Gasteiger partial charge in [-0.25, -0.2) is 4.98 Å². The topological polar surface area (TPSA) is 58.4 Å². The van der Waals surface area contributed by atoms with Crippen molar-refractivity contribution in [2.24, 2.45) is 11.8 Å². The van der Waals surface area contributed by atoms with E-state index in [0.29, 0.717) is 16.6 Å². The van der Waals surface area contributed by atoms with Gasteiger partial charge < -0.3 is 10.0 Å². The number of piperidine rings is 1. The normalized spacial score (nSPS) is 15.8. The molecule has 0 aliphatic carbocycles. The molecule has 1 fully saturated rings. The second-order valence-corrected chi connectivity index (χ2v) is 11.0. The van der Waals surface area contributed by atoms with Gasteiger partial charge in [0, 0.05) is 30.2 Å². The summed E-state index contributed by atoms with van der Waals surface area (Å²) in [6.07, 6.45) is 4.19. The molecule has 2 aromatic heterocycles. The van der Waals surface area contributed by atoms with Crippen molar-refractivity contribution in [1.82, 2.24) is 9.55 Å². The highest BCUT2D eigenvalue weighted by Gasteiger charge is 2.26. The van der Waals surface area contributed by atoms with Gasteiger partial charge in [0.25, 0.3) is 5.56 Å². The molecule has 0 atom stereocenters. The molecule has 4 aromatic rings. The summed E-state index contributed by atoms with van der Waals surface area (Å²) in [5.74, 6) is 1.50. The van der Waals surface area contributed by atoms with Crippen LogP contribution in [0.3, 0.4) is 0 Å². The van der Waals surface area contributed by atoms with Crippen LogP contribution in [0.15, 0.2) is 53.5 Å². The van der Waals surface area contributed by atoms with Crippen LogP contribution < -0.4 is 10.5 Å². The Kier molecular flexibility index (Phi) is 5.53. The molecule has 0 unspecified atom stereocenters. The van der Waals surface area contributed by atoms with Crippen molar-refractivity contribution in [1.29, 1.82) is 0 Å². The summed E-state index contributed by atoms with van der Waals surface area (Å²) in [6, 6.07) is 13.5. The van der Waals surface area contributed by atoms with E-state index in [0.717, 1.165) is 45.7 Å². The molecule has 0 spiro atoms. The SMILES string of the molecule is CC(C)C1CCN(c2nc3cc(C(C)(C)O)c(-n4ccc5ccccc5c4=O)cc3s2)CC1. The second-order valence-electron chi connectivity index (χ2n) is 10.0. The number of rotatable bonds is 4. The minimum Gasteiger partial charge on any atom is -0.386 e. The average Bonchev–Trinajstić information content (AvgIpc) is 3.21. The van der Waals surface area contributed by atoms with Crippen LogP contribution in [0.1, 0.15) is 46.1 Å². The summed E-state index contributed by atoms with van der Waals surface area (Å²) in [5, 5.41) is 13.6. The molecule has 5 nitrogen and oxygen atoms in total. The third-order valence-electron chi connectivity index (χ3n) is 6.98. The second kappa shape index (κ2) is 8.26. The summed E-state index contributed by atoms with van der Waals surface area (Å²) < 4.78 is 2.68. The van der Waals surface area contributed by atoms with E-state index >= 15 is 0 Å². The molecule has 0 bridgehead atoms. The molecule has 2 aromatic carbocycles. The molecule has 0 amide bonds. The van der Waals surface area contributed by atoms with Gasteiger partial charge in [-0.3, -0.25) is 9.36 Å². The lowest BCUT2D eigenvalue weighted by Crippen LogP contribution is -2.35. The summed E-state index contributed by atoms with van der Waals surface area (Å²) in [7, 11) is 0. The van der Waals surface area contributed by atoms with Gasteiger partial charge >= 0.3 is 0 Å². The van der Waals surface area contributed by atoms with Crippen LogP contribution in [0.2, 0.25) is 0 Å². The zero-order valence-corrected chi connectivity index (χ0v) is 20.5. The highest BCUT2D eigenvalue weighted by molar-refractivity contribution is 7.22. The smallest absolute Gasteiger partial charge is 0.262 e. The van der Waals surface area contributed by atoms with Crippen molar-refractivity contribution in [3.8, 4) is 5.69 Å². The quantitative estimate of drug-likeness (QED) is 0.423. The minimum absolute atomic E-state index is 0.0848. The van der Waals surface area contributed by atoms with Crippen LogP contribution in [-0.2, 0) is 5.60 Å². The van der Waals surface area contributed by atoms with E-state index in [1.165, 1.54) is 12.8 Å². The third kappa shape index (κ3) is 4.06. The molecule has 1 N–H and O–H groups in total. The fourth-order valence-corrected chi connectivity index (χ4v) is 5.94. The van der Waals surface area contributed by atoms with E-state index in [4.69, 9.17) is 4.98 Å². The molecule has 33 heavy (non-hydrogen) atoms. The van der Waals surface area contributed by atoms with Crippen molar-refractivity contribution in [2.75, 3.05) is 18.0 Å². The standard InChI is InChI=1S/C27H31N3O2S/c1-17(2)18-9-12-29(13-10-18)26-28-22-15-21(27(3,4)32)23(16-24(22)33-26)30-14-11-19-7-5-6-8-20(19)25(30)31/h5-8,11,14-18,32H,9-10,12-13H2,1-4H3. The number of nitrogens with zero attached hydrogens (tertiary/aromatic N) is 3. The molecule has 0 saturated carbocycles. The molecule has 6 heteroatoms. The molecule has 3 heterocycles. The summed E-state index contributed by atoms with van der Waals surface area (Å²) >= 11 is 1.67. The van der Waals surface area contributed by atoms with Crippen molar-refractivity contribution in [2.45, 2.75) is 46.1 Å². The first-order valence-corrected chi connectivity index (χ1v) is 12.6. The van der Waals surface area contributed by atoms with Gasteiger partial charge in [0.15, 0.2) is 5.13 Å². The Morgan fingerprint density at radius 2 is 1.85 bits per heavy atom. The first-order valence-electron chi connectivity index (χ1n) is 11.8. The van der Waals surface area contributed by atoms with Crippen LogP contribution in [0.4, 0.5) is 5.13 Å². The highest BCUT2D eigenvalue weighted by Crippen LogP contribution is 2.37. The molecule has 172 valence electrons. The number of thiazole rings is 1. The number of aromatic nitrogens is 2. The van der Waals surface area contributed by atoms with Crippen molar-refractivity contribution < 1.29 is 5.11 Å². The predicted octanol–water partition coefficient (Wildman–Crippen LogP) is 5.70. The van der Waals surface area contributed by atoms with Crippen molar-refractivity contribution in [3.05, 3.63) is 64.6 Å². The Labute approximate surface area is 198 Å². The maximum atomic E-state index is 13.3. The number of hydrogen-bond donors (Lipinski definition) is 1. The Balaban J connectivity index is 1.61. The molecule has 1 saturated heterocycles. The van der Waals surface area contributed by atoms with Gasteiger partial charge in [0.1, 0.15) is 0 Å². The molecular weight excluding hydrogens is 430 g/mol. The van der Waals surface area contributed by atoms with E-state index in [2.05, 4.69) is 18.7 Å². The first kappa shape index (κ1) is 22.1. The maximum Gasteiger partial charge on any atom is 0.262 e. The first-order chi connectivity index (χ1) is 15.7. The monoisotopic (exact) mass is 461 g/mol. The predicted molar refractivity (Wildman–Crippen MR) is 138 cm³/mol. The Morgan fingerprint density at radius 1 is 1.12 bits per heavy atom. The van der Waals surface area contributed by atoms with Gasteiger partial charge in [0.2, 0.25) is 0 Å². The number of fused-ring (bicyclic) bond motifs is 2. The maximum absolute atomic E-state index is 13.3. The lowest BCUT2D eigenvalue weighted by atomic mass is 9.87. The summed E-state index contributed by atoms with van der Waals surface area (Å²) in [6.45, 7) is 10.2. The largest absolute Gasteiger partial charge is 0.386 e. The molecule has 0 radical (unpaired) electrons. The highest BCUT2D eigenvalue weighted by atomic mass is 32.1. The summed E-state index contributed by atoms with van der Waals surface area (Å²) in [5.41, 5.74) is 1.07. The van der Waals surface area contributed by atoms with Crippen LogP contribution in [0.25, 0.3) is 26.7 Å². The molecule has 5 rings (SSSR count). The lowest BCUT2D eigenvalue weighted by molar-refractivity contribution is 0.0786. The van der Waals surface area contributed by atoms with Crippen molar-refractivity contribution in [3.63, 3.8) is 0 Å². The number of aliphatic hydroxyl groups is 1. The average molecular weight is 462 g/mol. The van der Waals surface area contributed by atoms with Gasteiger partial charge in [-0.1, -0.05) is 43.4 Å². The van der Waals surface area contributed by atoms with Crippen LogP contribution >= 0.6 is 11.3 Å². The summed E-state index contributed by atoms with van der Waals surface area (Å²) in [4.78, 5) is 20.7. The van der Waals surface area contributed by atoms with E-state index in [-0.39, 0.29) is 5.56 Å². The molecule has 1 aliphatic heterocycles. The number of pyridine rings is 1. The van der Waals surface area contributed by atoms with E-state index in [9.17, 15) is 9.90 Å². The van der Waals surface area contributed by atoms with Crippen LogP contribution in [0, 0.1) is 11.8 Å². The Hall–Kier alpha value is -2.70. The van der Waals surface area contributed by atoms with Gasteiger partial charge in [-0.2, -0.15) is 0 Å². The fourth-order valence-electron chi connectivity index (χ4n) is 4.91. The number of anilines is 1. The lowest BCUT2D eigenvalue weighted by Gasteiger charge is -2.33. The third-order valence-corrected chi connectivity index (χ3v) is 8.06.